The largest absolute Gasteiger partial charge is 0.503 e. The van der Waals surface area contributed by atoms with Crippen LogP contribution in [0.5, 0.6) is 11.5 Å². The van der Waals surface area contributed by atoms with Crippen LogP contribution in [0, 0.1) is 13.8 Å². The van der Waals surface area contributed by atoms with Gasteiger partial charge >= 0.3 is 0 Å². The SMILES string of the molecule is COc1cc(/C=N/NC(=O)c2cc(-c3ccc(C)c(C)c3)n[nH]2)cc(Br)c1O. The zero-order valence-electron chi connectivity index (χ0n) is 15.6. The van der Waals surface area contributed by atoms with E-state index in [0.717, 1.165) is 11.1 Å². The Morgan fingerprint density at radius 2 is 2.04 bits per heavy atom. The van der Waals surface area contributed by atoms with Crippen molar-refractivity contribution >= 4 is 28.1 Å². The van der Waals surface area contributed by atoms with Crippen molar-refractivity contribution in [2.24, 2.45) is 5.10 Å². The van der Waals surface area contributed by atoms with Crippen molar-refractivity contribution in [2.75, 3.05) is 7.11 Å². The number of carbonyl (C=O) groups excluding carboxylic acids is 1. The van der Waals surface area contributed by atoms with E-state index in [1.807, 2.05) is 32.0 Å². The number of phenols is 1. The molecule has 0 saturated heterocycles. The van der Waals surface area contributed by atoms with Gasteiger partial charge in [0.15, 0.2) is 11.5 Å². The molecule has 2 aromatic carbocycles. The minimum Gasteiger partial charge on any atom is -0.503 e. The molecule has 0 aliphatic rings. The number of aromatic amines is 1. The van der Waals surface area contributed by atoms with E-state index < -0.39 is 5.91 Å². The summed E-state index contributed by atoms with van der Waals surface area (Å²) in [6, 6.07) is 10.9. The molecule has 0 radical (unpaired) electrons. The molecule has 0 bridgehead atoms. The quantitative estimate of drug-likeness (QED) is 0.411. The maximum Gasteiger partial charge on any atom is 0.289 e. The Hall–Kier alpha value is -3.13. The number of halogens is 1. The predicted octanol–water partition coefficient (Wildman–Crippen LogP) is 3.93. The van der Waals surface area contributed by atoms with E-state index >= 15 is 0 Å². The van der Waals surface area contributed by atoms with Crippen molar-refractivity contribution in [3.05, 3.63) is 63.3 Å². The van der Waals surface area contributed by atoms with Crippen molar-refractivity contribution < 1.29 is 14.6 Å². The number of aromatic nitrogens is 2. The number of methoxy groups -OCH3 is 1. The monoisotopic (exact) mass is 442 g/mol. The highest BCUT2D eigenvalue weighted by atomic mass is 79.9. The second-order valence-electron chi connectivity index (χ2n) is 6.22. The molecule has 0 aliphatic carbocycles. The van der Waals surface area contributed by atoms with Crippen LogP contribution in [0.4, 0.5) is 0 Å². The van der Waals surface area contributed by atoms with Gasteiger partial charge in [0.25, 0.3) is 5.91 Å². The number of aromatic hydroxyl groups is 1. The lowest BCUT2D eigenvalue weighted by atomic mass is 10.0. The molecule has 0 atom stereocenters. The van der Waals surface area contributed by atoms with Crippen LogP contribution in [0.25, 0.3) is 11.3 Å². The first-order valence-electron chi connectivity index (χ1n) is 8.42. The number of carbonyl (C=O) groups is 1. The molecule has 3 N–H and O–H groups in total. The molecule has 0 aliphatic heterocycles. The fourth-order valence-corrected chi connectivity index (χ4v) is 3.00. The van der Waals surface area contributed by atoms with Crippen molar-refractivity contribution in [3.8, 4) is 22.8 Å². The summed E-state index contributed by atoms with van der Waals surface area (Å²) < 4.78 is 5.55. The maximum absolute atomic E-state index is 12.3. The Kier molecular flexibility index (Phi) is 5.79. The highest BCUT2D eigenvalue weighted by Gasteiger charge is 2.11. The summed E-state index contributed by atoms with van der Waals surface area (Å²) >= 11 is 3.24. The van der Waals surface area contributed by atoms with Crippen molar-refractivity contribution in [3.63, 3.8) is 0 Å². The van der Waals surface area contributed by atoms with Crippen molar-refractivity contribution in [1.82, 2.24) is 15.6 Å². The minimum atomic E-state index is -0.413. The van der Waals surface area contributed by atoms with E-state index in [2.05, 4.69) is 36.7 Å². The van der Waals surface area contributed by atoms with Crippen LogP contribution >= 0.6 is 15.9 Å². The van der Waals surface area contributed by atoms with Gasteiger partial charge in [-0.3, -0.25) is 9.89 Å². The molecule has 144 valence electrons. The first-order valence-corrected chi connectivity index (χ1v) is 9.21. The smallest absolute Gasteiger partial charge is 0.289 e. The number of benzene rings is 2. The van der Waals surface area contributed by atoms with Crippen LogP contribution in [0.1, 0.15) is 27.2 Å². The highest BCUT2D eigenvalue weighted by Crippen LogP contribution is 2.34. The molecule has 1 aromatic heterocycles. The number of ether oxygens (including phenoxy) is 1. The maximum atomic E-state index is 12.3. The summed E-state index contributed by atoms with van der Waals surface area (Å²) in [5, 5.41) is 20.7. The van der Waals surface area contributed by atoms with Crippen LogP contribution in [-0.4, -0.2) is 34.5 Å². The Bertz CT molecular complexity index is 1060. The van der Waals surface area contributed by atoms with Gasteiger partial charge in [-0.2, -0.15) is 10.2 Å². The van der Waals surface area contributed by atoms with Gasteiger partial charge in [-0.05, 0) is 70.7 Å². The number of nitrogens with one attached hydrogen (secondary N) is 2. The van der Waals surface area contributed by atoms with Gasteiger partial charge in [0.05, 0.1) is 23.5 Å². The molecule has 7 nitrogen and oxygen atoms in total. The molecule has 28 heavy (non-hydrogen) atoms. The number of nitrogens with zero attached hydrogens (tertiary/aromatic N) is 2. The standard InChI is InChI=1S/C20H19BrN4O3/c1-11-4-5-14(6-12(11)2)16-9-17(24-23-16)20(27)25-22-10-13-7-15(21)19(26)18(8-13)28-3/h4-10,26H,1-3H3,(H,23,24)(H,25,27)/b22-10+. The fourth-order valence-electron chi connectivity index (χ4n) is 2.54. The summed E-state index contributed by atoms with van der Waals surface area (Å²) in [6.07, 6.45) is 1.45. The van der Waals surface area contributed by atoms with Crippen molar-refractivity contribution in [2.45, 2.75) is 13.8 Å². The predicted molar refractivity (Wildman–Crippen MR) is 111 cm³/mol. The normalized spacial score (nSPS) is 11.0. The molecule has 0 unspecified atom stereocenters. The average molecular weight is 443 g/mol. The molecule has 1 heterocycles. The van der Waals surface area contributed by atoms with E-state index in [9.17, 15) is 9.90 Å². The number of aryl methyl sites for hydroxylation is 2. The van der Waals surface area contributed by atoms with Crippen LogP contribution < -0.4 is 10.2 Å². The van der Waals surface area contributed by atoms with Gasteiger partial charge in [0, 0.05) is 5.56 Å². The summed E-state index contributed by atoms with van der Waals surface area (Å²) in [7, 11) is 1.45. The Labute approximate surface area is 170 Å². The molecule has 0 fully saturated rings. The first-order chi connectivity index (χ1) is 13.4. The van der Waals surface area contributed by atoms with Crippen LogP contribution in [0.2, 0.25) is 0 Å². The van der Waals surface area contributed by atoms with Gasteiger partial charge in [-0.25, -0.2) is 5.43 Å². The van der Waals surface area contributed by atoms with E-state index in [4.69, 9.17) is 4.74 Å². The second kappa shape index (κ2) is 8.26. The number of hydrogen-bond donors (Lipinski definition) is 3. The van der Waals surface area contributed by atoms with Crippen LogP contribution in [-0.2, 0) is 0 Å². The van der Waals surface area contributed by atoms with Crippen LogP contribution in [0.15, 0.2) is 46.0 Å². The molecule has 8 heteroatoms. The number of H-pyrrole nitrogens is 1. The summed E-state index contributed by atoms with van der Waals surface area (Å²) in [4.78, 5) is 12.3. The zero-order chi connectivity index (χ0) is 20.3. The number of rotatable bonds is 5. The third-order valence-electron chi connectivity index (χ3n) is 4.28. The number of hydrazone groups is 1. The lowest BCUT2D eigenvalue weighted by Gasteiger charge is -2.06. The van der Waals surface area contributed by atoms with E-state index in [1.165, 1.54) is 18.9 Å². The lowest BCUT2D eigenvalue weighted by molar-refractivity contribution is 0.0950. The molecule has 0 spiro atoms. The third kappa shape index (κ3) is 4.23. The average Bonchev–Trinajstić information content (AvgIpc) is 3.17. The molecule has 3 rings (SSSR count). The summed E-state index contributed by atoms with van der Waals surface area (Å²) in [5.41, 5.74) is 7.36. The Morgan fingerprint density at radius 1 is 1.25 bits per heavy atom. The Balaban J connectivity index is 1.70. The zero-order valence-corrected chi connectivity index (χ0v) is 17.2. The second-order valence-corrected chi connectivity index (χ2v) is 7.07. The molecule has 1 amide bonds. The van der Waals surface area contributed by atoms with E-state index in [0.29, 0.717) is 27.2 Å². The minimum absolute atomic E-state index is 0.0000161. The highest BCUT2D eigenvalue weighted by molar-refractivity contribution is 9.10. The fraction of sp³-hybridized carbons (Fsp3) is 0.150. The first kappa shape index (κ1) is 19.6. The topological polar surface area (TPSA) is 99.6 Å². The van der Waals surface area contributed by atoms with Gasteiger partial charge < -0.3 is 9.84 Å². The van der Waals surface area contributed by atoms with Crippen molar-refractivity contribution in [1.29, 1.82) is 0 Å². The van der Waals surface area contributed by atoms with Gasteiger partial charge in [-0.1, -0.05) is 12.1 Å². The molecular weight excluding hydrogens is 424 g/mol. The van der Waals surface area contributed by atoms with E-state index in [1.54, 1.807) is 18.2 Å². The molecule has 3 aromatic rings. The lowest BCUT2D eigenvalue weighted by Crippen LogP contribution is -2.18. The van der Waals surface area contributed by atoms with E-state index in [-0.39, 0.29) is 5.75 Å². The van der Waals surface area contributed by atoms with Gasteiger partial charge in [0.1, 0.15) is 5.69 Å². The summed E-state index contributed by atoms with van der Waals surface area (Å²) in [6.45, 7) is 4.08. The number of amides is 1. The van der Waals surface area contributed by atoms with Gasteiger partial charge in [0.2, 0.25) is 0 Å². The number of phenolic OH excluding ortho intramolecular Hbond substituents is 1. The number of hydrogen-bond acceptors (Lipinski definition) is 5. The Morgan fingerprint density at radius 3 is 2.75 bits per heavy atom. The van der Waals surface area contributed by atoms with Gasteiger partial charge in [-0.15, -0.1) is 0 Å². The summed E-state index contributed by atoms with van der Waals surface area (Å²) in [5.74, 6) is -0.114. The molecule has 0 saturated carbocycles. The van der Waals surface area contributed by atoms with Crippen LogP contribution in [0.3, 0.4) is 0 Å². The molecular formula is C20H19BrN4O3. The third-order valence-corrected chi connectivity index (χ3v) is 4.88.